The predicted molar refractivity (Wildman–Crippen MR) is 167 cm³/mol. The quantitative estimate of drug-likeness (QED) is 0.148. The number of hydrogen-bond donors (Lipinski definition) is 0. The van der Waals surface area contributed by atoms with Gasteiger partial charge in [-0.1, -0.05) is 81.1 Å². The second kappa shape index (κ2) is 30.1. The molecule has 0 radical (unpaired) electrons. The summed E-state index contributed by atoms with van der Waals surface area (Å²) in [4.78, 5) is 0. The molecule has 0 bridgehead atoms. The maximum atomic E-state index is 7.32. The third-order valence-corrected chi connectivity index (χ3v) is 11.7. The van der Waals surface area contributed by atoms with Crippen LogP contribution in [-0.2, 0) is 0 Å². The van der Waals surface area contributed by atoms with Gasteiger partial charge in [0.1, 0.15) is 0 Å². The third-order valence-electron chi connectivity index (χ3n) is 5.97. The van der Waals surface area contributed by atoms with E-state index < -0.39 is 0 Å². The van der Waals surface area contributed by atoms with Crippen LogP contribution in [0, 0.1) is 46.3 Å². The van der Waals surface area contributed by atoms with Crippen molar-refractivity contribution in [2.24, 2.45) is 23.7 Å². The highest BCUT2D eigenvalue weighted by atomic mass is 31.1. The second-order valence-electron chi connectivity index (χ2n) is 11.6. The minimum Gasteiger partial charge on any atom is -0.199 e. The number of hydrogen-bond acceptors (Lipinski definition) is 2. The maximum absolute atomic E-state index is 7.32. The summed E-state index contributed by atoms with van der Waals surface area (Å²) in [5.74, 6) is 3.55. The van der Waals surface area contributed by atoms with Crippen LogP contribution in [0.15, 0.2) is 0 Å². The van der Waals surface area contributed by atoms with Crippen molar-refractivity contribution in [3.8, 4) is 12.1 Å². The minimum atomic E-state index is 0.311. The van der Waals surface area contributed by atoms with Crippen LogP contribution in [0.5, 0.6) is 0 Å². The predicted octanol–water partition coefficient (Wildman–Crippen LogP) is 11.1. The van der Waals surface area contributed by atoms with Gasteiger partial charge in [0.25, 0.3) is 0 Å². The Labute approximate surface area is 225 Å². The summed E-state index contributed by atoms with van der Waals surface area (Å²) in [6, 6.07) is 3.50. The van der Waals surface area contributed by atoms with Gasteiger partial charge in [-0.05, 0) is 92.7 Å². The smallest absolute Gasteiger partial charge is 0.0587 e. The molecule has 0 aromatic heterocycles. The Morgan fingerprint density at radius 3 is 0.771 bits per heavy atom. The van der Waals surface area contributed by atoms with E-state index in [9.17, 15) is 0 Å². The lowest BCUT2D eigenvalue weighted by atomic mass is 10.1. The minimum absolute atomic E-state index is 0.311. The van der Waals surface area contributed by atoms with E-state index in [0.717, 1.165) is 23.7 Å². The topological polar surface area (TPSA) is 47.6 Å². The number of rotatable bonds is 20. The first-order valence-corrected chi connectivity index (χ1v) is 18.4. The van der Waals surface area contributed by atoms with Crippen LogP contribution in [0.3, 0.4) is 0 Å². The second-order valence-corrected chi connectivity index (χ2v) is 17.0. The first-order valence-electron chi connectivity index (χ1n) is 14.6. The van der Waals surface area contributed by atoms with Gasteiger partial charge in [-0.2, -0.15) is 10.5 Å². The zero-order valence-electron chi connectivity index (χ0n) is 25.7. The van der Waals surface area contributed by atoms with Gasteiger partial charge in [0.2, 0.25) is 0 Å². The summed E-state index contributed by atoms with van der Waals surface area (Å²) < 4.78 is 0. The summed E-state index contributed by atoms with van der Waals surface area (Å²) in [6.07, 6.45) is 22.7. The van der Waals surface area contributed by atoms with E-state index in [1.165, 1.54) is 65.2 Å². The summed E-state index contributed by atoms with van der Waals surface area (Å²) in [5.41, 5.74) is 0. The van der Waals surface area contributed by atoms with Crippen LogP contribution >= 0.6 is 15.8 Å². The molecular formula is C31H64N2P2. The zero-order valence-corrected chi connectivity index (χ0v) is 27.5. The normalized spacial score (nSPS) is 10.9. The Balaban J connectivity index is -0.00000153. The molecule has 208 valence electrons. The highest BCUT2D eigenvalue weighted by Gasteiger charge is 2.13. The Morgan fingerprint density at radius 1 is 0.429 bits per heavy atom. The van der Waals surface area contributed by atoms with E-state index >= 15 is 0 Å². The first-order chi connectivity index (χ1) is 16.5. The SMILES string of the molecule is CC#N.CC#N.CC(C)CCCP(CCCC(C)C)CCCP(CCCC(C)C)CCCC(C)C. The van der Waals surface area contributed by atoms with Gasteiger partial charge < -0.3 is 0 Å². The molecule has 0 saturated carbocycles. The van der Waals surface area contributed by atoms with Crippen LogP contribution in [0.25, 0.3) is 0 Å². The van der Waals surface area contributed by atoms with Crippen molar-refractivity contribution in [1.82, 2.24) is 0 Å². The monoisotopic (exact) mass is 526 g/mol. The van der Waals surface area contributed by atoms with Gasteiger partial charge in [-0.15, -0.1) is 15.8 Å². The van der Waals surface area contributed by atoms with Crippen molar-refractivity contribution in [3.05, 3.63) is 0 Å². The fourth-order valence-corrected chi connectivity index (χ4v) is 9.40. The number of nitriles is 2. The molecule has 0 saturated heterocycles. The fourth-order valence-electron chi connectivity index (χ4n) is 4.08. The molecule has 0 rings (SSSR count). The molecule has 0 heterocycles. The molecule has 0 aliphatic heterocycles. The lowest BCUT2D eigenvalue weighted by Gasteiger charge is -2.22. The molecule has 0 aromatic rings. The van der Waals surface area contributed by atoms with Crippen molar-refractivity contribution in [1.29, 1.82) is 10.5 Å². The largest absolute Gasteiger partial charge is 0.199 e. The molecule has 0 spiro atoms. The molecule has 0 aliphatic carbocycles. The van der Waals surface area contributed by atoms with Crippen molar-refractivity contribution >= 4 is 15.8 Å². The highest BCUT2D eigenvalue weighted by molar-refractivity contribution is 7.58. The highest BCUT2D eigenvalue weighted by Crippen LogP contribution is 2.43. The molecule has 4 heteroatoms. The van der Waals surface area contributed by atoms with E-state index in [2.05, 4.69) is 55.4 Å². The summed E-state index contributed by atoms with van der Waals surface area (Å²) in [5, 5.41) is 14.6. The van der Waals surface area contributed by atoms with Crippen molar-refractivity contribution in [2.75, 3.05) is 37.0 Å². The fraction of sp³-hybridized carbons (Fsp3) is 0.935. The molecule has 0 unspecified atom stereocenters. The van der Waals surface area contributed by atoms with E-state index in [0.29, 0.717) is 15.8 Å². The zero-order chi connectivity index (χ0) is 27.5. The van der Waals surface area contributed by atoms with Gasteiger partial charge in [0, 0.05) is 13.8 Å². The lowest BCUT2D eigenvalue weighted by molar-refractivity contribution is 0.572. The van der Waals surface area contributed by atoms with E-state index in [1.54, 1.807) is 55.5 Å². The summed E-state index contributed by atoms with van der Waals surface area (Å²) >= 11 is 0. The van der Waals surface area contributed by atoms with Gasteiger partial charge in [0.05, 0.1) is 12.1 Å². The van der Waals surface area contributed by atoms with Gasteiger partial charge in [-0.25, -0.2) is 0 Å². The molecule has 0 fully saturated rings. The van der Waals surface area contributed by atoms with Gasteiger partial charge in [0.15, 0.2) is 0 Å². The molecular weight excluding hydrogens is 462 g/mol. The van der Waals surface area contributed by atoms with E-state index in [-0.39, 0.29) is 0 Å². The van der Waals surface area contributed by atoms with Crippen molar-refractivity contribution < 1.29 is 0 Å². The van der Waals surface area contributed by atoms with Crippen LogP contribution in [0.4, 0.5) is 0 Å². The van der Waals surface area contributed by atoms with Crippen LogP contribution in [-0.4, -0.2) is 37.0 Å². The number of nitrogens with zero attached hydrogens (tertiary/aromatic N) is 2. The van der Waals surface area contributed by atoms with Crippen LogP contribution in [0.1, 0.15) is 127 Å². The molecule has 0 aromatic carbocycles. The van der Waals surface area contributed by atoms with E-state index in [4.69, 9.17) is 10.5 Å². The summed E-state index contributed by atoms with van der Waals surface area (Å²) in [6.45, 7) is 22.0. The molecule has 0 aliphatic rings. The third kappa shape index (κ3) is 38.5. The molecule has 0 N–H and O–H groups in total. The van der Waals surface area contributed by atoms with Crippen molar-refractivity contribution in [3.63, 3.8) is 0 Å². The maximum Gasteiger partial charge on any atom is 0.0587 e. The van der Waals surface area contributed by atoms with Crippen LogP contribution < -0.4 is 0 Å². The molecule has 0 amide bonds. The first kappa shape index (κ1) is 39.4. The molecule has 2 nitrogen and oxygen atoms in total. The lowest BCUT2D eigenvalue weighted by Crippen LogP contribution is -2.03. The average molecular weight is 527 g/mol. The van der Waals surface area contributed by atoms with Gasteiger partial charge >= 0.3 is 0 Å². The standard InChI is InChI=1S/C27H58P2.2C2H3N/c1-24(2)14-9-18-28(19-10-15-25(3)4)22-13-23-29(20-11-16-26(5)6)21-12-17-27(7)8;2*1-2-3/h24-27H,9-23H2,1-8H3;2*1H3. The van der Waals surface area contributed by atoms with Crippen LogP contribution in [0.2, 0.25) is 0 Å². The Morgan fingerprint density at radius 2 is 0.600 bits per heavy atom. The van der Waals surface area contributed by atoms with Gasteiger partial charge in [-0.3, -0.25) is 0 Å². The Kier molecular flexibility index (Phi) is 33.8. The summed E-state index contributed by atoms with van der Waals surface area (Å²) in [7, 11) is 0.623. The Hall–Kier alpha value is -0.160. The Bertz CT molecular complexity index is 417. The van der Waals surface area contributed by atoms with E-state index in [1.807, 2.05) is 0 Å². The van der Waals surface area contributed by atoms with Crippen molar-refractivity contribution in [2.45, 2.75) is 127 Å². The molecule has 0 atom stereocenters. The average Bonchev–Trinajstić information content (AvgIpc) is 2.73. The molecule has 35 heavy (non-hydrogen) atoms.